The monoisotopic (exact) mass is 300 g/mol. The maximum Gasteiger partial charge on any atom is 0.224 e. The molecule has 110 valence electrons. The fraction of sp³-hybridized carbons (Fsp3) is 0.429. The molecule has 0 heterocycles. The van der Waals surface area contributed by atoms with Gasteiger partial charge in [-0.05, 0) is 12.1 Å². The van der Waals surface area contributed by atoms with Crippen molar-refractivity contribution < 1.29 is 14.0 Å². The van der Waals surface area contributed by atoms with Gasteiger partial charge in [-0.2, -0.15) is 0 Å². The van der Waals surface area contributed by atoms with Crippen LogP contribution in [-0.2, 0) is 16.0 Å². The minimum absolute atomic E-state index is 0.0728. The Morgan fingerprint density at radius 2 is 1.90 bits per heavy atom. The summed E-state index contributed by atoms with van der Waals surface area (Å²) in [7, 11) is 0. The number of hydrogen-bond acceptors (Lipinski definition) is 2. The van der Waals surface area contributed by atoms with Crippen LogP contribution in [0.25, 0.3) is 0 Å². The van der Waals surface area contributed by atoms with E-state index in [-0.39, 0.29) is 34.7 Å². The zero-order chi connectivity index (χ0) is 15.1. The lowest BCUT2D eigenvalue weighted by molar-refractivity contribution is -0.124. The molecule has 0 aliphatic rings. The number of amides is 2. The Balaban J connectivity index is 2.36. The largest absolute Gasteiger partial charge is 0.354 e. The van der Waals surface area contributed by atoms with Gasteiger partial charge in [0.25, 0.3) is 0 Å². The predicted octanol–water partition coefficient (Wildman–Crippen LogP) is 1.91. The molecule has 0 radical (unpaired) electrons. The molecule has 0 aliphatic heterocycles. The normalized spacial score (nSPS) is 10.4. The van der Waals surface area contributed by atoms with E-state index in [0.29, 0.717) is 13.1 Å². The minimum Gasteiger partial charge on any atom is -0.354 e. The second-order valence-corrected chi connectivity index (χ2v) is 5.08. The van der Waals surface area contributed by atoms with Crippen molar-refractivity contribution >= 4 is 23.4 Å². The van der Waals surface area contributed by atoms with Crippen LogP contribution in [0.15, 0.2) is 18.2 Å². The molecule has 1 aromatic rings. The molecule has 0 bridgehead atoms. The maximum absolute atomic E-state index is 13.5. The number of nitrogens with one attached hydrogen (secondary N) is 2. The molecule has 0 saturated carbocycles. The van der Waals surface area contributed by atoms with Gasteiger partial charge in [0.2, 0.25) is 11.8 Å². The molecule has 2 N–H and O–H groups in total. The van der Waals surface area contributed by atoms with Gasteiger partial charge in [0.15, 0.2) is 0 Å². The third-order valence-corrected chi connectivity index (χ3v) is 3.02. The van der Waals surface area contributed by atoms with Crippen LogP contribution in [0, 0.1) is 11.7 Å². The van der Waals surface area contributed by atoms with E-state index in [0.717, 1.165) is 0 Å². The summed E-state index contributed by atoms with van der Waals surface area (Å²) in [6.45, 7) is 4.21. The molecule has 0 unspecified atom stereocenters. The third kappa shape index (κ3) is 5.17. The summed E-state index contributed by atoms with van der Waals surface area (Å²) in [6.07, 6.45) is -0.121. The summed E-state index contributed by atoms with van der Waals surface area (Å²) in [5.74, 6) is -1.00. The Labute approximate surface area is 122 Å². The first-order valence-electron chi connectivity index (χ1n) is 6.39. The second kappa shape index (κ2) is 7.85. The average Bonchev–Trinajstić information content (AvgIpc) is 2.38. The van der Waals surface area contributed by atoms with E-state index in [2.05, 4.69) is 10.6 Å². The topological polar surface area (TPSA) is 58.2 Å². The number of carbonyl (C=O) groups is 2. The number of halogens is 2. The molecule has 0 saturated heterocycles. The lowest BCUT2D eigenvalue weighted by atomic mass is 10.1. The van der Waals surface area contributed by atoms with Gasteiger partial charge in [-0.1, -0.05) is 31.5 Å². The molecular weight excluding hydrogens is 283 g/mol. The van der Waals surface area contributed by atoms with Gasteiger partial charge >= 0.3 is 0 Å². The van der Waals surface area contributed by atoms with Crippen LogP contribution in [0.3, 0.4) is 0 Å². The van der Waals surface area contributed by atoms with Crippen molar-refractivity contribution in [3.05, 3.63) is 34.6 Å². The second-order valence-electron chi connectivity index (χ2n) is 4.67. The SMILES string of the molecule is CC(C)C(=O)NCCNC(=O)Cc1c(F)cccc1Cl. The van der Waals surface area contributed by atoms with E-state index >= 15 is 0 Å². The molecule has 1 aromatic carbocycles. The summed E-state index contributed by atoms with van der Waals surface area (Å²) < 4.78 is 13.5. The lowest BCUT2D eigenvalue weighted by Gasteiger charge is -2.09. The van der Waals surface area contributed by atoms with Gasteiger partial charge < -0.3 is 10.6 Å². The summed E-state index contributed by atoms with van der Waals surface area (Å²) in [6, 6.07) is 4.29. The molecule has 4 nitrogen and oxygen atoms in total. The van der Waals surface area contributed by atoms with Crippen LogP contribution in [-0.4, -0.2) is 24.9 Å². The Morgan fingerprint density at radius 3 is 2.50 bits per heavy atom. The highest BCUT2D eigenvalue weighted by Gasteiger charge is 2.11. The van der Waals surface area contributed by atoms with Gasteiger partial charge in [-0.25, -0.2) is 4.39 Å². The highest BCUT2D eigenvalue weighted by atomic mass is 35.5. The van der Waals surface area contributed by atoms with Crippen LogP contribution in [0.4, 0.5) is 4.39 Å². The minimum atomic E-state index is -0.499. The van der Waals surface area contributed by atoms with Crippen LogP contribution in [0.2, 0.25) is 5.02 Å². The van der Waals surface area contributed by atoms with Crippen molar-refractivity contribution in [2.45, 2.75) is 20.3 Å². The van der Waals surface area contributed by atoms with Gasteiger partial charge in [0, 0.05) is 29.6 Å². The fourth-order valence-electron chi connectivity index (χ4n) is 1.52. The standard InChI is InChI=1S/C14H18ClFN2O2/c1-9(2)14(20)18-7-6-17-13(19)8-10-11(15)4-3-5-12(10)16/h3-5,9H,6-8H2,1-2H3,(H,17,19)(H,18,20). The Morgan fingerprint density at radius 1 is 1.25 bits per heavy atom. The summed E-state index contributed by atoms with van der Waals surface area (Å²) >= 11 is 5.83. The lowest BCUT2D eigenvalue weighted by Crippen LogP contribution is -2.37. The third-order valence-electron chi connectivity index (χ3n) is 2.67. The van der Waals surface area contributed by atoms with Crippen molar-refractivity contribution in [1.82, 2.24) is 10.6 Å². The predicted molar refractivity (Wildman–Crippen MR) is 76.0 cm³/mol. The maximum atomic E-state index is 13.5. The molecule has 0 aromatic heterocycles. The van der Waals surface area contributed by atoms with Gasteiger partial charge in [-0.3, -0.25) is 9.59 Å². The summed E-state index contributed by atoms with van der Waals surface area (Å²) in [5, 5.41) is 5.50. The molecule has 0 fully saturated rings. The molecule has 0 aliphatic carbocycles. The van der Waals surface area contributed by atoms with E-state index in [1.54, 1.807) is 13.8 Å². The quantitative estimate of drug-likeness (QED) is 0.789. The Bertz CT molecular complexity index is 472. The number of carbonyl (C=O) groups excluding carboxylic acids is 2. The van der Waals surface area contributed by atoms with E-state index in [1.165, 1.54) is 18.2 Å². The highest BCUT2D eigenvalue weighted by Crippen LogP contribution is 2.19. The van der Waals surface area contributed by atoms with Crippen molar-refractivity contribution in [3.63, 3.8) is 0 Å². The Kier molecular flexibility index (Phi) is 6.45. The van der Waals surface area contributed by atoms with Crippen molar-refractivity contribution in [3.8, 4) is 0 Å². The van der Waals surface area contributed by atoms with Gasteiger partial charge in [0.05, 0.1) is 6.42 Å². The molecule has 1 rings (SSSR count). The molecule has 0 spiro atoms. The van der Waals surface area contributed by atoms with Crippen LogP contribution in [0.1, 0.15) is 19.4 Å². The van der Waals surface area contributed by atoms with E-state index < -0.39 is 5.82 Å². The van der Waals surface area contributed by atoms with Crippen molar-refractivity contribution in [2.24, 2.45) is 5.92 Å². The molecular formula is C14H18ClFN2O2. The fourth-order valence-corrected chi connectivity index (χ4v) is 1.75. The van der Waals surface area contributed by atoms with Crippen LogP contribution in [0.5, 0.6) is 0 Å². The molecule has 6 heteroatoms. The molecule has 2 amide bonds. The smallest absolute Gasteiger partial charge is 0.224 e. The zero-order valence-corrected chi connectivity index (χ0v) is 12.3. The van der Waals surface area contributed by atoms with Gasteiger partial charge in [0.1, 0.15) is 5.82 Å². The summed E-state index contributed by atoms with van der Waals surface area (Å²) in [4.78, 5) is 22.9. The van der Waals surface area contributed by atoms with E-state index in [1.807, 2.05) is 0 Å². The summed E-state index contributed by atoms with van der Waals surface area (Å²) in [5.41, 5.74) is 0.179. The van der Waals surface area contributed by atoms with Crippen LogP contribution < -0.4 is 10.6 Å². The highest BCUT2D eigenvalue weighted by molar-refractivity contribution is 6.31. The zero-order valence-electron chi connectivity index (χ0n) is 11.5. The number of hydrogen-bond donors (Lipinski definition) is 2. The Hall–Kier alpha value is -1.62. The van der Waals surface area contributed by atoms with Crippen LogP contribution >= 0.6 is 11.6 Å². The van der Waals surface area contributed by atoms with E-state index in [4.69, 9.17) is 11.6 Å². The average molecular weight is 301 g/mol. The van der Waals surface area contributed by atoms with Gasteiger partial charge in [-0.15, -0.1) is 0 Å². The first-order valence-corrected chi connectivity index (χ1v) is 6.77. The molecule has 0 atom stereocenters. The van der Waals surface area contributed by atoms with E-state index in [9.17, 15) is 14.0 Å². The molecule has 20 heavy (non-hydrogen) atoms. The number of benzene rings is 1. The first kappa shape index (κ1) is 16.4. The van der Waals surface area contributed by atoms with Crippen molar-refractivity contribution in [2.75, 3.05) is 13.1 Å². The number of rotatable bonds is 6. The first-order chi connectivity index (χ1) is 9.41. The van der Waals surface area contributed by atoms with Crippen molar-refractivity contribution in [1.29, 1.82) is 0 Å².